The predicted octanol–water partition coefficient (Wildman–Crippen LogP) is 3.67. The van der Waals surface area contributed by atoms with Crippen molar-refractivity contribution >= 4 is 69.1 Å². The van der Waals surface area contributed by atoms with E-state index in [1.807, 2.05) is 24.3 Å². The lowest BCUT2D eigenvalue weighted by Gasteiger charge is -2.28. The van der Waals surface area contributed by atoms with Crippen LogP contribution in [0.1, 0.15) is 0 Å². The van der Waals surface area contributed by atoms with Gasteiger partial charge >= 0.3 is 6.03 Å². The molecule has 0 radical (unpaired) electrons. The van der Waals surface area contributed by atoms with Crippen LogP contribution in [-0.2, 0) is 0 Å². The van der Waals surface area contributed by atoms with Gasteiger partial charge in [0.05, 0.1) is 0 Å². The first kappa shape index (κ1) is 16.9. The van der Waals surface area contributed by atoms with Crippen LogP contribution in [0.5, 0.6) is 0 Å². The molecule has 106 valence electrons. The molecule has 0 saturated heterocycles. The van der Waals surface area contributed by atoms with Crippen LogP contribution in [0.2, 0.25) is 0 Å². The molecule has 4 nitrogen and oxygen atoms in total. The molecule has 0 aliphatic carbocycles. The van der Waals surface area contributed by atoms with Crippen molar-refractivity contribution in [3.05, 3.63) is 27.8 Å². The number of carbonyl (C=O) groups excluding carboxylic acids is 1. The number of nitrogens with one attached hydrogen (secondary N) is 2. The lowest BCUT2D eigenvalue weighted by atomic mass is 10.3. The molecule has 2 N–H and O–H groups in total. The van der Waals surface area contributed by atoms with E-state index in [1.54, 1.807) is 14.1 Å². The van der Waals surface area contributed by atoms with Crippen molar-refractivity contribution in [1.82, 2.24) is 10.2 Å². The van der Waals surface area contributed by atoms with Crippen molar-refractivity contribution in [2.24, 2.45) is 0 Å². The SMILES string of the molecule is CN(C)C(=O)NC(Nc1ccc(I)cc1)C(Cl)(Cl)Cl. The fourth-order valence-electron chi connectivity index (χ4n) is 1.17. The summed E-state index contributed by atoms with van der Waals surface area (Å²) in [4.78, 5) is 13.0. The summed E-state index contributed by atoms with van der Waals surface area (Å²) in [7, 11) is 3.21. The highest BCUT2D eigenvalue weighted by molar-refractivity contribution is 14.1. The van der Waals surface area contributed by atoms with Crippen LogP contribution < -0.4 is 10.6 Å². The quantitative estimate of drug-likeness (QED) is 0.432. The largest absolute Gasteiger partial charge is 0.362 e. The number of rotatable bonds is 3. The number of carbonyl (C=O) groups is 1. The van der Waals surface area contributed by atoms with Gasteiger partial charge in [0, 0.05) is 23.4 Å². The van der Waals surface area contributed by atoms with Crippen LogP contribution >= 0.6 is 57.4 Å². The molecule has 8 heteroatoms. The molecule has 0 aromatic heterocycles. The van der Waals surface area contributed by atoms with Crippen LogP contribution in [0.25, 0.3) is 0 Å². The Bertz CT molecular complexity index is 434. The van der Waals surface area contributed by atoms with Gasteiger partial charge in [0.15, 0.2) is 0 Å². The fourth-order valence-corrected chi connectivity index (χ4v) is 1.85. The average molecular weight is 437 g/mol. The Morgan fingerprint density at radius 2 is 1.79 bits per heavy atom. The summed E-state index contributed by atoms with van der Waals surface area (Å²) in [5.74, 6) is 0. The molecule has 1 unspecified atom stereocenters. The van der Waals surface area contributed by atoms with Gasteiger partial charge in [0.2, 0.25) is 3.79 Å². The molecule has 0 bridgehead atoms. The Hall–Kier alpha value is -0.110. The Morgan fingerprint density at radius 1 is 1.26 bits per heavy atom. The monoisotopic (exact) mass is 435 g/mol. The third-order valence-corrected chi connectivity index (χ3v) is 3.53. The maximum Gasteiger partial charge on any atom is 0.318 e. The van der Waals surface area contributed by atoms with E-state index in [9.17, 15) is 4.79 Å². The zero-order valence-corrected chi connectivity index (χ0v) is 14.7. The molecule has 1 atom stereocenters. The minimum atomic E-state index is -1.67. The minimum Gasteiger partial charge on any atom is -0.362 e. The number of amides is 2. The molecule has 0 heterocycles. The van der Waals surface area contributed by atoms with Crippen molar-refractivity contribution < 1.29 is 4.79 Å². The normalized spacial score (nSPS) is 12.7. The lowest BCUT2D eigenvalue weighted by molar-refractivity contribution is 0.214. The molecular formula is C11H13Cl3IN3O. The van der Waals surface area contributed by atoms with Gasteiger partial charge in [-0.15, -0.1) is 0 Å². The second-order valence-corrected chi connectivity index (χ2v) is 7.58. The van der Waals surface area contributed by atoms with Gasteiger partial charge in [-0.1, -0.05) is 34.8 Å². The predicted molar refractivity (Wildman–Crippen MR) is 89.1 cm³/mol. The average Bonchev–Trinajstić information content (AvgIpc) is 2.29. The van der Waals surface area contributed by atoms with Crippen molar-refractivity contribution in [3.8, 4) is 0 Å². The summed E-state index contributed by atoms with van der Waals surface area (Å²) < 4.78 is -0.583. The molecule has 19 heavy (non-hydrogen) atoms. The minimum absolute atomic E-state index is 0.352. The van der Waals surface area contributed by atoms with Crippen LogP contribution in [0.3, 0.4) is 0 Å². The fraction of sp³-hybridized carbons (Fsp3) is 0.364. The molecule has 0 saturated carbocycles. The Morgan fingerprint density at radius 3 is 2.21 bits per heavy atom. The molecule has 0 aliphatic heterocycles. The highest BCUT2D eigenvalue weighted by Crippen LogP contribution is 2.31. The maximum absolute atomic E-state index is 11.6. The van der Waals surface area contributed by atoms with E-state index >= 15 is 0 Å². The smallest absolute Gasteiger partial charge is 0.318 e. The van der Waals surface area contributed by atoms with Gasteiger partial charge in [-0.05, 0) is 46.9 Å². The first-order valence-corrected chi connectivity index (χ1v) is 7.48. The van der Waals surface area contributed by atoms with Crippen LogP contribution in [-0.4, -0.2) is 35.0 Å². The maximum atomic E-state index is 11.6. The molecule has 0 fully saturated rings. The van der Waals surface area contributed by atoms with Gasteiger partial charge in [0.1, 0.15) is 6.17 Å². The highest BCUT2D eigenvalue weighted by atomic mass is 127. The van der Waals surface area contributed by atoms with Gasteiger partial charge < -0.3 is 15.5 Å². The van der Waals surface area contributed by atoms with Crippen molar-refractivity contribution in [2.75, 3.05) is 19.4 Å². The molecule has 1 aromatic carbocycles. The van der Waals surface area contributed by atoms with E-state index in [0.717, 1.165) is 9.26 Å². The van der Waals surface area contributed by atoms with Crippen molar-refractivity contribution in [3.63, 3.8) is 0 Å². The summed E-state index contributed by atoms with van der Waals surface area (Å²) in [6.07, 6.45) is -0.840. The number of hydrogen-bond acceptors (Lipinski definition) is 2. The summed E-state index contributed by atoms with van der Waals surface area (Å²) in [5, 5.41) is 5.57. The van der Waals surface area contributed by atoms with Gasteiger partial charge in [0.25, 0.3) is 0 Å². The zero-order chi connectivity index (χ0) is 14.6. The number of urea groups is 1. The molecular weight excluding hydrogens is 423 g/mol. The molecule has 0 spiro atoms. The number of halogens is 4. The summed E-state index contributed by atoms with van der Waals surface area (Å²) in [6, 6.07) is 7.15. The first-order chi connectivity index (χ1) is 8.70. The van der Waals surface area contributed by atoms with Gasteiger partial charge in [-0.25, -0.2) is 4.79 Å². The van der Waals surface area contributed by atoms with E-state index in [4.69, 9.17) is 34.8 Å². The number of benzene rings is 1. The Labute approximate surface area is 140 Å². The van der Waals surface area contributed by atoms with E-state index in [2.05, 4.69) is 33.2 Å². The Kier molecular flexibility index (Phi) is 6.29. The van der Waals surface area contributed by atoms with Crippen LogP contribution in [0.15, 0.2) is 24.3 Å². The molecule has 1 rings (SSSR count). The number of alkyl halides is 3. The third-order valence-electron chi connectivity index (χ3n) is 2.16. The summed E-state index contributed by atoms with van der Waals surface area (Å²) in [5.41, 5.74) is 0.746. The first-order valence-electron chi connectivity index (χ1n) is 5.27. The topological polar surface area (TPSA) is 44.4 Å². The van der Waals surface area contributed by atoms with E-state index in [0.29, 0.717) is 0 Å². The van der Waals surface area contributed by atoms with E-state index in [1.165, 1.54) is 4.90 Å². The highest BCUT2D eigenvalue weighted by Gasteiger charge is 2.34. The van der Waals surface area contributed by atoms with E-state index < -0.39 is 9.96 Å². The van der Waals surface area contributed by atoms with Crippen LogP contribution in [0, 0.1) is 3.57 Å². The Balaban J connectivity index is 2.81. The second-order valence-electron chi connectivity index (χ2n) is 3.97. The van der Waals surface area contributed by atoms with Crippen molar-refractivity contribution in [2.45, 2.75) is 9.96 Å². The van der Waals surface area contributed by atoms with E-state index in [-0.39, 0.29) is 6.03 Å². The van der Waals surface area contributed by atoms with Crippen LogP contribution in [0.4, 0.5) is 10.5 Å². The third kappa shape index (κ3) is 5.81. The number of anilines is 1. The van der Waals surface area contributed by atoms with Gasteiger partial charge in [-0.3, -0.25) is 0 Å². The molecule has 0 aliphatic rings. The second kappa shape index (κ2) is 7.06. The number of hydrogen-bond donors (Lipinski definition) is 2. The molecule has 2 amide bonds. The molecule has 1 aromatic rings. The zero-order valence-electron chi connectivity index (χ0n) is 10.3. The van der Waals surface area contributed by atoms with Crippen molar-refractivity contribution in [1.29, 1.82) is 0 Å². The standard InChI is InChI=1S/C11H13Cl3IN3O/c1-18(2)10(19)17-9(11(12,13)14)16-8-5-3-7(15)4-6-8/h3-6,9,16H,1-2H3,(H,17,19). The summed E-state index contributed by atoms with van der Waals surface area (Å²) >= 11 is 19.8. The lowest BCUT2D eigenvalue weighted by Crippen LogP contribution is -2.52. The summed E-state index contributed by atoms with van der Waals surface area (Å²) in [6.45, 7) is 0. The number of nitrogens with zero attached hydrogens (tertiary/aromatic N) is 1. The van der Waals surface area contributed by atoms with Gasteiger partial charge in [-0.2, -0.15) is 0 Å².